The van der Waals surface area contributed by atoms with Crippen LogP contribution in [-0.2, 0) is 4.74 Å². The molecule has 0 spiro atoms. The van der Waals surface area contributed by atoms with Crippen LogP contribution in [0.25, 0.3) is 0 Å². The van der Waals surface area contributed by atoms with Gasteiger partial charge >= 0.3 is 0 Å². The third kappa shape index (κ3) is 3.80. The Hall–Kier alpha value is -1.86. The molecule has 7 heteroatoms. The van der Waals surface area contributed by atoms with Crippen LogP contribution < -0.4 is 10.9 Å². The van der Waals surface area contributed by atoms with E-state index in [1.165, 1.54) is 6.20 Å². The van der Waals surface area contributed by atoms with Gasteiger partial charge in [0.1, 0.15) is 5.75 Å². The SMILES string of the molecule is O=C(NCCN1CCOCC1)c1c[nH]c(=O)cc1O. The number of rotatable bonds is 4. The monoisotopic (exact) mass is 267 g/mol. The van der Waals surface area contributed by atoms with Crippen LogP contribution in [0.15, 0.2) is 17.1 Å². The van der Waals surface area contributed by atoms with Gasteiger partial charge in [-0.1, -0.05) is 0 Å². The van der Waals surface area contributed by atoms with Gasteiger partial charge in [-0.2, -0.15) is 0 Å². The van der Waals surface area contributed by atoms with E-state index in [9.17, 15) is 14.7 Å². The second kappa shape index (κ2) is 6.35. The molecule has 7 nitrogen and oxygen atoms in total. The van der Waals surface area contributed by atoms with Gasteiger partial charge in [0.25, 0.3) is 11.5 Å². The van der Waals surface area contributed by atoms with Gasteiger partial charge in [-0.05, 0) is 0 Å². The molecule has 0 saturated carbocycles. The first kappa shape index (κ1) is 13.6. The summed E-state index contributed by atoms with van der Waals surface area (Å²) >= 11 is 0. The molecule has 2 rings (SSSR count). The van der Waals surface area contributed by atoms with Gasteiger partial charge in [-0.15, -0.1) is 0 Å². The molecule has 1 aromatic heterocycles. The zero-order chi connectivity index (χ0) is 13.7. The molecule has 19 heavy (non-hydrogen) atoms. The normalized spacial score (nSPS) is 16.2. The molecule has 1 aliphatic heterocycles. The molecule has 1 fully saturated rings. The zero-order valence-corrected chi connectivity index (χ0v) is 10.5. The third-order valence-electron chi connectivity index (χ3n) is 2.96. The Kier molecular flexibility index (Phi) is 4.53. The fourth-order valence-electron chi connectivity index (χ4n) is 1.89. The maximum atomic E-state index is 11.8. The van der Waals surface area contributed by atoms with Crippen LogP contribution in [0.1, 0.15) is 10.4 Å². The number of H-pyrrole nitrogens is 1. The van der Waals surface area contributed by atoms with Crippen molar-refractivity contribution in [2.24, 2.45) is 0 Å². The van der Waals surface area contributed by atoms with E-state index >= 15 is 0 Å². The van der Waals surface area contributed by atoms with Crippen LogP contribution in [0.3, 0.4) is 0 Å². The molecule has 1 amide bonds. The molecule has 3 N–H and O–H groups in total. The van der Waals surface area contributed by atoms with E-state index in [-0.39, 0.29) is 11.3 Å². The molecule has 2 heterocycles. The van der Waals surface area contributed by atoms with E-state index in [2.05, 4.69) is 15.2 Å². The fourth-order valence-corrected chi connectivity index (χ4v) is 1.89. The average Bonchev–Trinajstić information content (AvgIpc) is 2.39. The minimum absolute atomic E-state index is 0.0709. The Morgan fingerprint density at radius 1 is 1.47 bits per heavy atom. The highest BCUT2D eigenvalue weighted by molar-refractivity contribution is 5.96. The lowest BCUT2D eigenvalue weighted by molar-refractivity contribution is 0.0383. The number of aromatic hydroxyl groups is 1. The number of morpholine rings is 1. The molecular weight excluding hydrogens is 250 g/mol. The predicted octanol–water partition coefficient (Wildman–Crippen LogP) is -0.857. The smallest absolute Gasteiger partial charge is 0.256 e. The van der Waals surface area contributed by atoms with E-state index in [1.807, 2.05) is 0 Å². The summed E-state index contributed by atoms with van der Waals surface area (Å²) < 4.78 is 5.23. The fraction of sp³-hybridized carbons (Fsp3) is 0.500. The Morgan fingerprint density at radius 3 is 2.89 bits per heavy atom. The minimum atomic E-state index is -0.442. The topological polar surface area (TPSA) is 94.7 Å². The average molecular weight is 267 g/mol. The van der Waals surface area contributed by atoms with Crippen LogP contribution in [0, 0.1) is 0 Å². The van der Waals surface area contributed by atoms with Gasteiger partial charge < -0.3 is 20.1 Å². The highest BCUT2D eigenvalue weighted by atomic mass is 16.5. The maximum Gasteiger partial charge on any atom is 0.256 e. The number of pyridine rings is 1. The number of carbonyl (C=O) groups excluding carboxylic acids is 1. The van der Waals surface area contributed by atoms with E-state index in [0.29, 0.717) is 19.8 Å². The van der Waals surface area contributed by atoms with Crippen molar-refractivity contribution in [1.82, 2.24) is 15.2 Å². The van der Waals surface area contributed by atoms with Crippen molar-refractivity contribution in [3.63, 3.8) is 0 Å². The zero-order valence-electron chi connectivity index (χ0n) is 10.5. The molecule has 1 saturated heterocycles. The van der Waals surface area contributed by atoms with Gasteiger partial charge in [-0.25, -0.2) is 0 Å². The first-order valence-corrected chi connectivity index (χ1v) is 6.17. The number of hydrogen-bond donors (Lipinski definition) is 3. The van der Waals surface area contributed by atoms with E-state index in [4.69, 9.17) is 4.74 Å². The van der Waals surface area contributed by atoms with Gasteiger partial charge in [0, 0.05) is 38.4 Å². The van der Waals surface area contributed by atoms with Crippen molar-refractivity contribution in [3.8, 4) is 5.75 Å². The lowest BCUT2D eigenvalue weighted by Gasteiger charge is -2.26. The Morgan fingerprint density at radius 2 is 2.21 bits per heavy atom. The van der Waals surface area contributed by atoms with Crippen molar-refractivity contribution in [2.45, 2.75) is 0 Å². The first-order chi connectivity index (χ1) is 9.16. The quantitative estimate of drug-likeness (QED) is 0.660. The van der Waals surface area contributed by atoms with E-state index < -0.39 is 11.5 Å². The molecule has 0 aliphatic carbocycles. The molecule has 0 radical (unpaired) electrons. The molecular formula is C12H17N3O4. The van der Waals surface area contributed by atoms with Crippen LogP contribution in [-0.4, -0.2) is 60.3 Å². The van der Waals surface area contributed by atoms with Gasteiger partial charge in [0.2, 0.25) is 0 Å². The van der Waals surface area contributed by atoms with Crippen LogP contribution in [0.2, 0.25) is 0 Å². The minimum Gasteiger partial charge on any atom is -0.507 e. The number of nitrogens with one attached hydrogen (secondary N) is 2. The first-order valence-electron chi connectivity index (χ1n) is 6.17. The number of ether oxygens (including phenoxy) is 1. The van der Waals surface area contributed by atoms with Crippen LogP contribution in [0.5, 0.6) is 5.75 Å². The largest absolute Gasteiger partial charge is 0.507 e. The summed E-state index contributed by atoms with van der Waals surface area (Å²) in [4.78, 5) is 27.3. The number of aromatic nitrogens is 1. The number of amides is 1. The van der Waals surface area contributed by atoms with Crippen molar-refractivity contribution in [2.75, 3.05) is 39.4 Å². The lowest BCUT2D eigenvalue weighted by Crippen LogP contribution is -2.41. The number of nitrogens with zero attached hydrogens (tertiary/aromatic N) is 1. The van der Waals surface area contributed by atoms with E-state index in [0.717, 1.165) is 25.7 Å². The Balaban J connectivity index is 1.82. The third-order valence-corrected chi connectivity index (χ3v) is 2.96. The Bertz CT molecular complexity index is 494. The summed E-state index contributed by atoms with van der Waals surface area (Å²) in [7, 11) is 0. The standard InChI is InChI=1S/C12H17N3O4/c16-10-7-11(17)14-8-9(10)12(18)13-1-2-15-3-5-19-6-4-15/h7-8H,1-6H2,(H,13,18)(H2,14,16,17). The van der Waals surface area contributed by atoms with Crippen LogP contribution in [0.4, 0.5) is 0 Å². The van der Waals surface area contributed by atoms with Crippen molar-refractivity contribution in [1.29, 1.82) is 0 Å². The molecule has 0 aromatic carbocycles. The number of hydrogen-bond acceptors (Lipinski definition) is 5. The van der Waals surface area contributed by atoms with Crippen LogP contribution >= 0.6 is 0 Å². The number of carbonyl (C=O) groups is 1. The predicted molar refractivity (Wildman–Crippen MR) is 68.3 cm³/mol. The second-order valence-corrected chi connectivity index (χ2v) is 4.31. The van der Waals surface area contributed by atoms with E-state index in [1.54, 1.807) is 0 Å². The highest BCUT2D eigenvalue weighted by Gasteiger charge is 2.13. The summed E-state index contributed by atoms with van der Waals surface area (Å²) in [6, 6.07) is 0.983. The van der Waals surface area contributed by atoms with Gasteiger partial charge in [0.15, 0.2) is 0 Å². The lowest BCUT2D eigenvalue weighted by atomic mass is 10.2. The van der Waals surface area contributed by atoms with Crippen molar-refractivity contribution >= 4 is 5.91 Å². The van der Waals surface area contributed by atoms with Gasteiger partial charge in [0.05, 0.1) is 18.8 Å². The summed E-state index contributed by atoms with van der Waals surface area (Å²) in [5.41, 5.74) is -0.371. The highest BCUT2D eigenvalue weighted by Crippen LogP contribution is 2.11. The second-order valence-electron chi connectivity index (χ2n) is 4.31. The molecule has 0 atom stereocenters. The maximum absolute atomic E-state index is 11.8. The molecule has 1 aromatic rings. The van der Waals surface area contributed by atoms with Gasteiger partial charge in [-0.3, -0.25) is 14.5 Å². The molecule has 0 unspecified atom stereocenters. The molecule has 104 valence electrons. The van der Waals surface area contributed by atoms with Crippen molar-refractivity contribution in [3.05, 3.63) is 28.2 Å². The van der Waals surface area contributed by atoms with Crippen molar-refractivity contribution < 1.29 is 14.6 Å². The molecule has 0 bridgehead atoms. The summed E-state index contributed by atoms with van der Waals surface area (Å²) in [6.45, 7) is 4.37. The molecule has 1 aliphatic rings. The summed E-state index contributed by atoms with van der Waals surface area (Å²) in [6.07, 6.45) is 1.21. The Labute approximate surface area is 110 Å². The summed E-state index contributed by atoms with van der Waals surface area (Å²) in [5, 5.41) is 12.2. The number of aromatic amines is 1. The summed E-state index contributed by atoms with van der Waals surface area (Å²) in [5.74, 6) is -0.713.